The van der Waals surface area contributed by atoms with Crippen LogP contribution in [0.3, 0.4) is 0 Å². The minimum absolute atomic E-state index is 0.00117. The summed E-state index contributed by atoms with van der Waals surface area (Å²) in [6.07, 6.45) is 1.60. The van der Waals surface area contributed by atoms with Gasteiger partial charge in [-0.1, -0.05) is 23.4 Å². The van der Waals surface area contributed by atoms with Gasteiger partial charge < -0.3 is 9.84 Å². The smallest absolute Gasteiger partial charge is 0.276 e. The van der Waals surface area contributed by atoms with Gasteiger partial charge in [-0.05, 0) is 62.4 Å². The van der Waals surface area contributed by atoms with E-state index >= 15 is 0 Å². The van der Waals surface area contributed by atoms with Gasteiger partial charge in [0, 0.05) is 23.1 Å². The van der Waals surface area contributed by atoms with Crippen LogP contribution in [-0.4, -0.2) is 36.1 Å². The molecule has 2 N–H and O–H groups in total. The summed E-state index contributed by atoms with van der Waals surface area (Å²) < 4.78 is 46.6. The molecule has 0 aliphatic heterocycles. The minimum Gasteiger partial charge on any atom is -0.332 e. The summed E-state index contributed by atoms with van der Waals surface area (Å²) in [7, 11) is -3.94. The molecule has 0 bridgehead atoms. The molecule has 0 fully saturated rings. The first-order valence-electron chi connectivity index (χ1n) is 10.5. The zero-order chi connectivity index (χ0) is 25.1. The van der Waals surface area contributed by atoms with Crippen LogP contribution >= 0.6 is 0 Å². The second-order valence-corrected chi connectivity index (χ2v) is 10.0. The summed E-state index contributed by atoms with van der Waals surface area (Å²) in [5.41, 5.74) is 0.497. The summed E-state index contributed by atoms with van der Waals surface area (Å²) in [6, 6.07) is 17.4. The molecule has 0 aliphatic carbocycles. The van der Waals surface area contributed by atoms with Gasteiger partial charge in [0.1, 0.15) is 12.4 Å². The van der Waals surface area contributed by atoms with Crippen molar-refractivity contribution in [3.63, 3.8) is 0 Å². The van der Waals surface area contributed by atoms with E-state index in [9.17, 15) is 17.6 Å². The second kappa shape index (κ2) is 9.63. The van der Waals surface area contributed by atoms with E-state index in [0.717, 1.165) is 0 Å². The molecule has 0 radical (unpaired) electrons. The molecular weight excluding hydrogens is 473 g/mol. The number of anilines is 2. The molecule has 2 heterocycles. The number of rotatable bonds is 8. The van der Waals surface area contributed by atoms with Gasteiger partial charge in [0.15, 0.2) is 0 Å². The van der Waals surface area contributed by atoms with E-state index < -0.39 is 28.0 Å². The van der Waals surface area contributed by atoms with Crippen LogP contribution in [0, 0.1) is 5.41 Å². The van der Waals surface area contributed by atoms with Gasteiger partial charge in [-0.3, -0.25) is 14.5 Å². The maximum absolute atomic E-state index is 13.0. The van der Waals surface area contributed by atoms with E-state index in [-0.39, 0.29) is 22.3 Å². The third-order valence-corrected chi connectivity index (χ3v) is 6.44. The van der Waals surface area contributed by atoms with Gasteiger partial charge in [-0.15, -0.1) is 0 Å². The number of nitrogens with one attached hydrogen (secondary N) is 2. The van der Waals surface area contributed by atoms with Crippen LogP contribution < -0.4 is 10.0 Å². The third-order valence-electron chi connectivity index (χ3n) is 5.06. The quantitative estimate of drug-likeness (QED) is 0.367. The Balaban J connectivity index is 1.50. The molecule has 35 heavy (non-hydrogen) atoms. The predicted octanol–water partition coefficient (Wildman–Crippen LogP) is 4.53. The highest BCUT2D eigenvalue weighted by Gasteiger charge is 2.27. The number of nitrogens with zero attached hydrogens (tertiary/aromatic N) is 3. The monoisotopic (exact) mass is 495 g/mol. The van der Waals surface area contributed by atoms with E-state index in [0.29, 0.717) is 16.9 Å². The van der Waals surface area contributed by atoms with Crippen LogP contribution in [-0.2, 0) is 14.8 Å². The first kappa shape index (κ1) is 24.0. The fraction of sp³-hybridized carbons (Fsp3) is 0.167. The van der Waals surface area contributed by atoms with Crippen LogP contribution in [0.1, 0.15) is 13.8 Å². The summed E-state index contributed by atoms with van der Waals surface area (Å²) in [5, 5.41) is 6.54. The Kier molecular flexibility index (Phi) is 6.61. The van der Waals surface area contributed by atoms with Crippen molar-refractivity contribution in [1.29, 1.82) is 0 Å². The number of alkyl halides is 1. The normalized spacial score (nSPS) is 11.7. The summed E-state index contributed by atoms with van der Waals surface area (Å²) in [6.45, 7) is 2.18. The van der Waals surface area contributed by atoms with Crippen LogP contribution in [0.4, 0.5) is 15.8 Å². The average molecular weight is 496 g/mol. The average Bonchev–Trinajstić information content (AvgIpc) is 3.36. The highest BCUT2D eigenvalue weighted by Crippen LogP contribution is 2.25. The van der Waals surface area contributed by atoms with Crippen LogP contribution in [0.2, 0.25) is 0 Å². The van der Waals surface area contributed by atoms with E-state index in [1.165, 1.54) is 50.2 Å². The molecule has 4 rings (SSSR count). The lowest BCUT2D eigenvalue weighted by Gasteiger charge is -2.19. The zero-order valence-corrected chi connectivity index (χ0v) is 19.7. The fourth-order valence-corrected chi connectivity index (χ4v) is 4.04. The summed E-state index contributed by atoms with van der Waals surface area (Å²) in [5.74, 6) is -0.0362. The van der Waals surface area contributed by atoms with Gasteiger partial charge >= 0.3 is 0 Å². The number of carbonyl (C=O) groups is 1. The zero-order valence-electron chi connectivity index (χ0n) is 18.9. The molecule has 2 aromatic heterocycles. The minimum atomic E-state index is -3.94. The Bertz CT molecular complexity index is 1440. The van der Waals surface area contributed by atoms with Crippen molar-refractivity contribution in [3.05, 3.63) is 72.9 Å². The van der Waals surface area contributed by atoms with Crippen LogP contribution in [0.25, 0.3) is 23.0 Å². The highest BCUT2D eigenvalue weighted by atomic mass is 32.2. The number of halogens is 1. The number of hydrogen-bond acceptors (Lipinski definition) is 7. The number of sulfonamides is 1. The predicted molar refractivity (Wildman–Crippen MR) is 129 cm³/mol. The number of amides is 1. The largest absolute Gasteiger partial charge is 0.332 e. The Morgan fingerprint density at radius 3 is 2.46 bits per heavy atom. The number of carbonyl (C=O) groups excluding carboxylic acids is 1. The molecule has 0 spiro atoms. The van der Waals surface area contributed by atoms with Gasteiger partial charge in [0.2, 0.25) is 11.7 Å². The first-order valence-corrected chi connectivity index (χ1v) is 12.0. The molecule has 0 atom stereocenters. The van der Waals surface area contributed by atoms with Crippen LogP contribution in [0.5, 0.6) is 0 Å². The lowest BCUT2D eigenvalue weighted by Crippen LogP contribution is -2.32. The number of benzene rings is 2. The maximum atomic E-state index is 13.0. The number of pyridine rings is 1. The topological polar surface area (TPSA) is 127 Å². The van der Waals surface area contributed by atoms with Crippen molar-refractivity contribution in [1.82, 2.24) is 15.1 Å². The SMILES string of the molecule is CC(C)(CF)C(=O)Nc1ccc(NS(=O)(=O)c2cccc(-c3noc(-c4ccccn4)n3)c2)cc1. The molecule has 0 saturated carbocycles. The van der Waals surface area contributed by atoms with E-state index in [1.54, 1.807) is 36.5 Å². The summed E-state index contributed by atoms with van der Waals surface area (Å²) >= 11 is 0. The molecule has 0 aliphatic rings. The molecule has 1 amide bonds. The van der Waals surface area contributed by atoms with Crippen molar-refractivity contribution in [3.8, 4) is 23.0 Å². The van der Waals surface area contributed by atoms with E-state index in [4.69, 9.17) is 4.52 Å². The molecule has 180 valence electrons. The van der Waals surface area contributed by atoms with E-state index in [1.807, 2.05) is 0 Å². The first-order chi connectivity index (χ1) is 16.7. The molecule has 11 heteroatoms. The second-order valence-electron chi connectivity index (χ2n) is 8.32. The Morgan fingerprint density at radius 1 is 1.03 bits per heavy atom. The molecule has 2 aromatic carbocycles. The van der Waals surface area contributed by atoms with E-state index in [2.05, 4.69) is 25.2 Å². The fourth-order valence-electron chi connectivity index (χ4n) is 2.93. The number of aromatic nitrogens is 3. The van der Waals surface area contributed by atoms with Gasteiger partial charge in [-0.2, -0.15) is 4.98 Å². The number of hydrogen-bond donors (Lipinski definition) is 2. The molecular formula is C24H22FN5O4S. The van der Waals surface area contributed by atoms with Gasteiger partial charge in [-0.25, -0.2) is 12.8 Å². The Labute approximate surface area is 201 Å². The van der Waals surface area contributed by atoms with Crippen molar-refractivity contribution >= 4 is 27.3 Å². The maximum Gasteiger partial charge on any atom is 0.276 e. The van der Waals surface area contributed by atoms with Crippen molar-refractivity contribution in [2.45, 2.75) is 18.7 Å². The Hall–Kier alpha value is -4.12. The lowest BCUT2D eigenvalue weighted by molar-refractivity contribution is -0.124. The molecule has 0 saturated heterocycles. The van der Waals surface area contributed by atoms with Crippen molar-refractivity contribution in [2.75, 3.05) is 16.7 Å². The van der Waals surface area contributed by atoms with Crippen molar-refractivity contribution < 1.29 is 22.1 Å². The van der Waals surface area contributed by atoms with Crippen molar-refractivity contribution in [2.24, 2.45) is 5.41 Å². The molecule has 9 nitrogen and oxygen atoms in total. The lowest BCUT2D eigenvalue weighted by atomic mass is 9.94. The van der Waals surface area contributed by atoms with Gasteiger partial charge in [0.25, 0.3) is 15.9 Å². The van der Waals surface area contributed by atoms with Gasteiger partial charge in [0.05, 0.1) is 10.3 Å². The highest BCUT2D eigenvalue weighted by molar-refractivity contribution is 7.92. The Morgan fingerprint density at radius 2 is 1.77 bits per heavy atom. The third kappa shape index (κ3) is 5.52. The standard InChI is InChI=1S/C24H22FN5O4S/c1-24(2,15-25)23(31)27-17-9-11-18(12-10-17)30-35(32,33)19-7-5-6-16(14-19)21-28-22(34-29-21)20-8-3-4-13-26-20/h3-14,30H,15H2,1-2H3,(H,27,31). The molecule has 4 aromatic rings. The summed E-state index contributed by atoms with van der Waals surface area (Å²) in [4.78, 5) is 20.6. The van der Waals surface area contributed by atoms with Crippen LogP contribution in [0.15, 0.2) is 82.3 Å². The molecule has 0 unspecified atom stereocenters.